The quantitative estimate of drug-likeness (QED) is 0.566. The average Bonchev–Trinajstić information content (AvgIpc) is 3.12. The number of fused-ring (bicyclic) bond motifs is 1. The first-order valence-electron chi connectivity index (χ1n) is 8.30. The number of aromatic nitrogens is 2. The van der Waals surface area contributed by atoms with Gasteiger partial charge < -0.3 is 19.2 Å². The van der Waals surface area contributed by atoms with Crippen LogP contribution in [0.4, 0.5) is 11.4 Å². The maximum atomic E-state index is 5.45. The van der Waals surface area contributed by atoms with Crippen molar-refractivity contribution in [3.8, 4) is 22.8 Å². The van der Waals surface area contributed by atoms with E-state index in [0.717, 1.165) is 39.8 Å². The Bertz CT molecular complexity index is 1040. The maximum Gasteiger partial charge on any atom is 0.145 e. The normalized spacial score (nSPS) is 10.7. The van der Waals surface area contributed by atoms with Crippen LogP contribution in [0, 0.1) is 0 Å². The Kier molecular flexibility index (Phi) is 4.19. The van der Waals surface area contributed by atoms with Crippen LogP contribution < -0.4 is 14.8 Å². The molecule has 0 aliphatic heterocycles. The molecule has 5 heteroatoms. The van der Waals surface area contributed by atoms with E-state index in [4.69, 9.17) is 9.47 Å². The number of methoxy groups -OCH3 is 2. The molecule has 2 aromatic carbocycles. The van der Waals surface area contributed by atoms with E-state index in [1.54, 1.807) is 14.2 Å². The first-order valence-corrected chi connectivity index (χ1v) is 8.30. The number of hydrogen-bond acceptors (Lipinski definition) is 4. The van der Waals surface area contributed by atoms with Gasteiger partial charge in [-0.1, -0.05) is 30.3 Å². The highest BCUT2D eigenvalue weighted by Gasteiger charge is 2.08. The summed E-state index contributed by atoms with van der Waals surface area (Å²) in [5.74, 6) is 1.48. The third-order valence-corrected chi connectivity index (χ3v) is 4.21. The topological polar surface area (TPSA) is 47.8 Å². The van der Waals surface area contributed by atoms with Gasteiger partial charge in [0.15, 0.2) is 0 Å². The molecule has 0 saturated carbocycles. The molecule has 130 valence electrons. The van der Waals surface area contributed by atoms with E-state index < -0.39 is 0 Å². The number of nitrogens with zero attached hydrogens (tertiary/aromatic N) is 2. The Balaban J connectivity index is 1.66. The van der Waals surface area contributed by atoms with Crippen molar-refractivity contribution in [2.45, 2.75) is 0 Å². The molecular weight excluding hydrogens is 326 g/mol. The molecule has 0 spiro atoms. The van der Waals surface area contributed by atoms with Gasteiger partial charge >= 0.3 is 0 Å². The predicted molar refractivity (Wildman–Crippen MR) is 103 cm³/mol. The van der Waals surface area contributed by atoms with Gasteiger partial charge in [0.05, 0.1) is 31.3 Å². The second kappa shape index (κ2) is 6.80. The van der Waals surface area contributed by atoms with E-state index in [9.17, 15) is 0 Å². The van der Waals surface area contributed by atoms with Crippen molar-refractivity contribution in [1.29, 1.82) is 0 Å². The van der Waals surface area contributed by atoms with Crippen LogP contribution in [0.15, 0.2) is 73.1 Å². The first-order chi connectivity index (χ1) is 12.8. The minimum atomic E-state index is 0.722. The van der Waals surface area contributed by atoms with Gasteiger partial charge in [0, 0.05) is 24.0 Å². The molecule has 0 bridgehead atoms. The van der Waals surface area contributed by atoms with Gasteiger partial charge in [-0.2, -0.15) is 0 Å². The lowest BCUT2D eigenvalue weighted by molar-refractivity contribution is 0.395. The molecule has 26 heavy (non-hydrogen) atoms. The standard InChI is InChI=1S/C21H19N3O2/c1-25-17-9-10-18(20(12-17)26-2)22-16-8-11-21-23-19(14-24(21)13-16)15-6-4-3-5-7-15/h3-14,22H,1-2H3. The molecule has 0 saturated heterocycles. The largest absolute Gasteiger partial charge is 0.497 e. The molecule has 0 amide bonds. The minimum Gasteiger partial charge on any atom is -0.497 e. The number of nitrogens with one attached hydrogen (secondary N) is 1. The van der Waals surface area contributed by atoms with Gasteiger partial charge in [0.1, 0.15) is 17.1 Å². The van der Waals surface area contributed by atoms with Crippen molar-refractivity contribution < 1.29 is 9.47 Å². The Morgan fingerprint density at radius 2 is 1.73 bits per heavy atom. The molecule has 0 unspecified atom stereocenters. The van der Waals surface area contributed by atoms with Crippen molar-refractivity contribution in [3.05, 3.63) is 73.1 Å². The molecular formula is C21H19N3O2. The summed E-state index contributed by atoms with van der Waals surface area (Å²) in [6.07, 6.45) is 4.04. The summed E-state index contributed by atoms with van der Waals surface area (Å²) < 4.78 is 12.7. The van der Waals surface area contributed by atoms with E-state index in [-0.39, 0.29) is 0 Å². The lowest BCUT2D eigenvalue weighted by Crippen LogP contribution is -1.96. The van der Waals surface area contributed by atoms with Crippen LogP contribution in [0.2, 0.25) is 0 Å². The van der Waals surface area contributed by atoms with E-state index >= 15 is 0 Å². The van der Waals surface area contributed by atoms with E-state index in [0.29, 0.717) is 0 Å². The molecule has 5 nitrogen and oxygen atoms in total. The number of imidazole rings is 1. The van der Waals surface area contributed by atoms with Crippen LogP contribution in [0.25, 0.3) is 16.9 Å². The molecule has 4 aromatic rings. The molecule has 2 aromatic heterocycles. The average molecular weight is 345 g/mol. The number of benzene rings is 2. The molecule has 0 aliphatic rings. The van der Waals surface area contributed by atoms with Crippen LogP contribution in [0.3, 0.4) is 0 Å². The highest BCUT2D eigenvalue weighted by molar-refractivity contribution is 5.69. The summed E-state index contributed by atoms with van der Waals surface area (Å²) in [5.41, 5.74) is 4.76. The first kappa shape index (κ1) is 16.0. The summed E-state index contributed by atoms with van der Waals surface area (Å²) in [6.45, 7) is 0. The fourth-order valence-corrected chi connectivity index (χ4v) is 2.87. The summed E-state index contributed by atoms with van der Waals surface area (Å²) in [6, 6.07) is 19.8. The minimum absolute atomic E-state index is 0.722. The van der Waals surface area contributed by atoms with Crippen LogP contribution in [-0.2, 0) is 0 Å². The number of rotatable bonds is 5. The Labute approximate surface area is 151 Å². The monoisotopic (exact) mass is 345 g/mol. The Morgan fingerprint density at radius 3 is 2.50 bits per heavy atom. The van der Waals surface area contributed by atoms with Gasteiger partial charge in [-0.15, -0.1) is 0 Å². The third-order valence-electron chi connectivity index (χ3n) is 4.21. The number of hydrogen-bond donors (Lipinski definition) is 1. The van der Waals surface area contributed by atoms with E-state index in [2.05, 4.69) is 22.4 Å². The van der Waals surface area contributed by atoms with Crippen LogP contribution in [0.1, 0.15) is 0 Å². The van der Waals surface area contributed by atoms with E-state index in [1.165, 1.54) is 0 Å². The SMILES string of the molecule is COc1ccc(Nc2ccc3nc(-c4ccccc4)cn3c2)c(OC)c1. The predicted octanol–water partition coefficient (Wildman–Crippen LogP) is 4.76. The Hall–Kier alpha value is -3.47. The van der Waals surface area contributed by atoms with Crippen molar-refractivity contribution in [3.63, 3.8) is 0 Å². The number of ether oxygens (including phenoxy) is 2. The lowest BCUT2D eigenvalue weighted by atomic mass is 10.2. The van der Waals surface area contributed by atoms with Crippen molar-refractivity contribution in [2.75, 3.05) is 19.5 Å². The second-order valence-electron chi connectivity index (χ2n) is 5.87. The van der Waals surface area contributed by atoms with Gasteiger partial charge in [-0.3, -0.25) is 0 Å². The highest BCUT2D eigenvalue weighted by atomic mass is 16.5. The van der Waals surface area contributed by atoms with Gasteiger partial charge in [-0.05, 0) is 24.3 Å². The Morgan fingerprint density at radius 1 is 0.885 bits per heavy atom. The fraction of sp³-hybridized carbons (Fsp3) is 0.0952. The second-order valence-corrected chi connectivity index (χ2v) is 5.87. The summed E-state index contributed by atoms with van der Waals surface area (Å²) in [4.78, 5) is 4.68. The van der Waals surface area contributed by atoms with Gasteiger partial charge in [-0.25, -0.2) is 4.98 Å². The lowest BCUT2D eigenvalue weighted by Gasteiger charge is -2.12. The summed E-state index contributed by atoms with van der Waals surface area (Å²) >= 11 is 0. The maximum absolute atomic E-state index is 5.45. The zero-order valence-electron chi connectivity index (χ0n) is 14.6. The highest BCUT2D eigenvalue weighted by Crippen LogP contribution is 2.31. The number of pyridine rings is 1. The summed E-state index contributed by atoms with van der Waals surface area (Å²) in [7, 11) is 3.28. The molecule has 1 N–H and O–H groups in total. The molecule has 0 radical (unpaired) electrons. The fourth-order valence-electron chi connectivity index (χ4n) is 2.87. The molecule has 4 rings (SSSR count). The third kappa shape index (κ3) is 3.07. The van der Waals surface area contributed by atoms with Gasteiger partial charge in [0.2, 0.25) is 0 Å². The molecule has 2 heterocycles. The zero-order valence-corrected chi connectivity index (χ0v) is 14.6. The smallest absolute Gasteiger partial charge is 0.145 e. The van der Waals surface area contributed by atoms with Crippen molar-refractivity contribution in [2.24, 2.45) is 0 Å². The molecule has 0 fully saturated rings. The zero-order chi connectivity index (χ0) is 17.9. The van der Waals surface area contributed by atoms with Crippen LogP contribution >= 0.6 is 0 Å². The van der Waals surface area contributed by atoms with Crippen LogP contribution in [-0.4, -0.2) is 23.6 Å². The molecule has 0 atom stereocenters. The van der Waals surface area contributed by atoms with Crippen molar-refractivity contribution in [1.82, 2.24) is 9.38 Å². The summed E-state index contributed by atoms with van der Waals surface area (Å²) in [5, 5.41) is 3.39. The number of anilines is 2. The van der Waals surface area contributed by atoms with E-state index in [1.807, 2.05) is 65.3 Å². The molecule has 0 aliphatic carbocycles. The van der Waals surface area contributed by atoms with Gasteiger partial charge in [0.25, 0.3) is 0 Å². The van der Waals surface area contributed by atoms with Crippen molar-refractivity contribution >= 4 is 17.0 Å². The van der Waals surface area contributed by atoms with Crippen LogP contribution in [0.5, 0.6) is 11.5 Å².